The van der Waals surface area contributed by atoms with Gasteiger partial charge in [0.25, 0.3) is 5.89 Å². The van der Waals surface area contributed by atoms with Crippen molar-refractivity contribution in [2.45, 2.75) is 13.3 Å². The van der Waals surface area contributed by atoms with Gasteiger partial charge < -0.3 is 18.4 Å². The summed E-state index contributed by atoms with van der Waals surface area (Å²) in [6, 6.07) is 13.9. The molecule has 0 saturated carbocycles. The fraction of sp³-hybridized carbons (Fsp3) is 0.190. The Morgan fingerprint density at radius 3 is 2.79 bits per heavy atom. The van der Waals surface area contributed by atoms with E-state index in [1.165, 1.54) is 13.2 Å². The molecule has 4 rings (SSSR count). The van der Waals surface area contributed by atoms with Crippen molar-refractivity contribution < 1.29 is 18.4 Å². The number of hydrogen-bond donors (Lipinski definition) is 0. The minimum atomic E-state index is -0.247. The van der Waals surface area contributed by atoms with Crippen LogP contribution in [0.1, 0.15) is 13.3 Å². The van der Waals surface area contributed by atoms with Gasteiger partial charge in [0, 0.05) is 11.6 Å². The van der Waals surface area contributed by atoms with E-state index in [4.69, 9.17) is 18.4 Å². The van der Waals surface area contributed by atoms with E-state index in [9.17, 15) is 4.79 Å². The first kappa shape index (κ1) is 17.8. The van der Waals surface area contributed by atoms with Gasteiger partial charge in [-0.05, 0) is 30.7 Å². The molecular weight excluding hydrogens is 360 g/mol. The van der Waals surface area contributed by atoms with Gasteiger partial charge in [0.1, 0.15) is 22.5 Å². The van der Waals surface area contributed by atoms with Crippen molar-refractivity contribution in [3.8, 4) is 34.5 Å². The van der Waals surface area contributed by atoms with Crippen molar-refractivity contribution >= 4 is 11.0 Å². The molecule has 0 atom stereocenters. The molecule has 0 N–H and O–H groups in total. The molecule has 0 aliphatic heterocycles. The normalized spacial score (nSPS) is 10.9. The fourth-order valence-electron chi connectivity index (χ4n) is 2.84. The van der Waals surface area contributed by atoms with Crippen LogP contribution in [0.3, 0.4) is 0 Å². The number of rotatable bonds is 6. The second-order valence-corrected chi connectivity index (χ2v) is 6.11. The van der Waals surface area contributed by atoms with Crippen LogP contribution in [0, 0.1) is 0 Å². The second kappa shape index (κ2) is 7.56. The Labute approximate surface area is 160 Å². The van der Waals surface area contributed by atoms with E-state index in [0.717, 1.165) is 17.7 Å². The molecule has 7 nitrogen and oxygen atoms in total. The monoisotopic (exact) mass is 378 g/mol. The zero-order chi connectivity index (χ0) is 19.5. The number of hydrogen-bond acceptors (Lipinski definition) is 7. The molecule has 0 radical (unpaired) electrons. The lowest BCUT2D eigenvalue weighted by Gasteiger charge is -2.04. The van der Waals surface area contributed by atoms with E-state index in [0.29, 0.717) is 29.2 Å². The average Bonchev–Trinajstić information content (AvgIpc) is 3.22. The van der Waals surface area contributed by atoms with E-state index >= 15 is 0 Å². The van der Waals surface area contributed by atoms with Crippen LogP contribution >= 0.6 is 0 Å². The highest BCUT2D eigenvalue weighted by Gasteiger charge is 2.17. The Morgan fingerprint density at radius 2 is 1.96 bits per heavy atom. The van der Waals surface area contributed by atoms with E-state index in [1.807, 2.05) is 31.2 Å². The number of benzene rings is 2. The molecule has 0 fully saturated rings. The summed E-state index contributed by atoms with van der Waals surface area (Å²) in [6.07, 6.45) is 0.919. The highest BCUT2D eigenvalue weighted by atomic mass is 16.5. The molecule has 0 bridgehead atoms. The van der Waals surface area contributed by atoms with Crippen molar-refractivity contribution in [3.63, 3.8) is 0 Å². The quantitative estimate of drug-likeness (QED) is 0.494. The minimum Gasteiger partial charge on any atom is -0.496 e. The molecule has 28 heavy (non-hydrogen) atoms. The average molecular weight is 378 g/mol. The van der Waals surface area contributed by atoms with Crippen LogP contribution in [-0.4, -0.2) is 23.9 Å². The first-order chi connectivity index (χ1) is 13.7. The van der Waals surface area contributed by atoms with Crippen molar-refractivity contribution in [2.24, 2.45) is 0 Å². The lowest BCUT2D eigenvalue weighted by molar-refractivity contribution is 0.317. The molecular formula is C21H18N2O5. The fourth-order valence-corrected chi connectivity index (χ4v) is 2.84. The van der Waals surface area contributed by atoms with Gasteiger partial charge in [-0.1, -0.05) is 30.3 Å². The van der Waals surface area contributed by atoms with E-state index in [-0.39, 0.29) is 17.1 Å². The highest BCUT2D eigenvalue weighted by molar-refractivity contribution is 5.84. The van der Waals surface area contributed by atoms with E-state index in [2.05, 4.69) is 10.1 Å². The van der Waals surface area contributed by atoms with Crippen LogP contribution in [0.15, 0.2) is 62.3 Å². The van der Waals surface area contributed by atoms with Gasteiger partial charge >= 0.3 is 0 Å². The maximum Gasteiger partial charge on any atom is 0.294 e. The summed E-state index contributed by atoms with van der Waals surface area (Å²) in [4.78, 5) is 16.9. The summed E-state index contributed by atoms with van der Waals surface area (Å²) in [5, 5.41) is 4.37. The molecule has 2 aromatic carbocycles. The Morgan fingerprint density at radius 1 is 1.11 bits per heavy atom. The van der Waals surface area contributed by atoms with Gasteiger partial charge in [0.15, 0.2) is 11.2 Å². The van der Waals surface area contributed by atoms with Crippen molar-refractivity contribution in [1.29, 1.82) is 0 Å². The Balaban J connectivity index is 1.71. The topological polar surface area (TPSA) is 87.6 Å². The van der Waals surface area contributed by atoms with Crippen LogP contribution in [-0.2, 0) is 0 Å². The van der Waals surface area contributed by atoms with Gasteiger partial charge in [-0.3, -0.25) is 4.79 Å². The molecule has 0 spiro atoms. The maximum atomic E-state index is 12.5. The molecule has 2 heterocycles. The van der Waals surface area contributed by atoms with Gasteiger partial charge in [-0.2, -0.15) is 4.98 Å². The van der Waals surface area contributed by atoms with Crippen molar-refractivity contribution in [3.05, 3.63) is 58.8 Å². The number of ether oxygens (including phenoxy) is 2. The van der Waals surface area contributed by atoms with E-state index < -0.39 is 0 Å². The van der Waals surface area contributed by atoms with Crippen molar-refractivity contribution in [2.75, 3.05) is 13.7 Å². The lowest BCUT2D eigenvalue weighted by Crippen LogP contribution is -2.02. The van der Waals surface area contributed by atoms with Crippen LogP contribution in [0.4, 0.5) is 0 Å². The molecule has 0 saturated heterocycles. The Bertz CT molecular complexity index is 1180. The van der Waals surface area contributed by atoms with Crippen molar-refractivity contribution in [1.82, 2.24) is 10.1 Å². The minimum absolute atomic E-state index is 0.122. The van der Waals surface area contributed by atoms with Crippen LogP contribution in [0.2, 0.25) is 0 Å². The number of methoxy groups -OCH3 is 1. The highest BCUT2D eigenvalue weighted by Crippen LogP contribution is 2.28. The summed E-state index contributed by atoms with van der Waals surface area (Å²) in [6.45, 7) is 2.68. The van der Waals surface area contributed by atoms with E-state index in [1.54, 1.807) is 18.2 Å². The van der Waals surface area contributed by atoms with Gasteiger partial charge in [0.2, 0.25) is 5.82 Å². The molecule has 2 aromatic heterocycles. The molecule has 7 heteroatoms. The van der Waals surface area contributed by atoms with Crippen LogP contribution in [0.5, 0.6) is 11.5 Å². The molecule has 0 aliphatic carbocycles. The van der Waals surface area contributed by atoms with Gasteiger partial charge in [-0.25, -0.2) is 0 Å². The third-order valence-electron chi connectivity index (χ3n) is 4.14. The number of fused-ring (bicyclic) bond motifs is 1. The first-order valence-electron chi connectivity index (χ1n) is 8.87. The third kappa shape index (κ3) is 3.34. The summed E-state index contributed by atoms with van der Waals surface area (Å²) < 4.78 is 22.0. The number of aromatic nitrogens is 2. The molecule has 0 unspecified atom stereocenters. The van der Waals surface area contributed by atoms with Crippen LogP contribution < -0.4 is 14.9 Å². The maximum absolute atomic E-state index is 12.5. The predicted molar refractivity (Wildman–Crippen MR) is 104 cm³/mol. The SMILES string of the molecule is CCCOc1cccc(-c2noc(-c3cc(=O)c4c(OC)cccc4o3)n2)c1. The zero-order valence-electron chi connectivity index (χ0n) is 15.5. The molecule has 142 valence electrons. The standard InChI is InChI=1S/C21H18N2O5/c1-3-10-26-14-7-4-6-13(11-14)20-22-21(28-23-20)18-12-15(24)19-16(25-2)8-5-9-17(19)27-18/h4-9,11-12H,3,10H2,1-2H3. The molecule has 0 amide bonds. The summed E-state index contributed by atoms with van der Waals surface area (Å²) in [7, 11) is 1.50. The second-order valence-electron chi connectivity index (χ2n) is 6.11. The summed E-state index contributed by atoms with van der Waals surface area (Å²) in [5.74, 6) is 1.88. The lowest BCUT2D eigenvalue weighted by atomic mass is 10.2. The summed E-state index contributed by atoms with van der Waals surface area (Å²) >= 11 is 0. The zero-order valence-corrected chi connectivity index (χ0v) is 15.5. The molecule has 4 aromatic rings. The van der Waals surface area contributed by atoms with Gasteiger partial charge in [-0.15, -0.1) is 0 Å². The Hall–Kier alpha value is -3.61. The largest absolute Gasteiger partial charge is 0.496 e. The Kier molecular flexibility index (Phi) is 4.80. The van der Waals surface area contributed by atoms with Gasteiger partial charge in [0.05, 0.1) is 13.7 Å². The summed E-state index contributed by atoms with van der Waals surface area (Å²) in [5.41, 5.74) is 0.883. The smallest absolute Gasteiger partial charge is 0.294 e. The third-order valence-corrected chi connectivity index (χ3v) is 4.14. The molecule has 0 aliphatic rings. The van der Waals surface area contributed by atoms with Crippen LogP contribution in [0.25, 0.3) is 34.0 Å². The number of nitrogens with zero attached hydrogens (tertiary/aromatic N) is 2. The predicted octanol–water partition coefficient (Wildman–Crippen LogP) is 4.31. The first-order valence-corrected chi connectivity index (χ1v) is 8.87.